The summed E-state index contributed by atoms with van der Waals surface area (Å²) in [6.45, 7) is 0. The number of nitrogens with one attached hydrogen (secondary N) is 1. The Bertz CT molecular complexity index is 815. The van der Waals surface area contributed by atoms with Crippen LogP contribution in [0, 0.1) is 0 Å². The number of nitrogens with zero attached hydrogens (tertiary/aromatic N) is 1. The van der Waals surface area contributed by atoms with Crippen molar-refractivity contribution < 1.29 is 0 Å². The van der Waals surface area contributed by atoms with Gasteiger partial charge in [0.05, 0.1) is 17.6 Å². The van der Waals surface area contributed by atoms with Crippen molar-refractivity contribution in [3.05, 3.63) is 64.9 Å². The van der Waals surface area contributed by atoms with Crippen LogP contribution in [-0.4, -0.2) is 9.97 Å². The lowest BCUT2D eigenvalue weighted by Gasteiger charge is -2.11. The molecule has 0 unspecified atom stereocenters. The van der Waals surface area contributed by atoms with Gasteiger partial charge >= 0.3 is 0 Å². The largest absolute Gasteiger partial charge is 0.388 e. The van der Waals surface area contributed by atoms with Gasteiger partial charge in [0.2, 0.25) is 0 Å². The lowest BCUT2D eigenvalue weighted by atomic mass is 10.1. The van der Waals surface area contributed by atoms with Crippen LogP contribution < -0.4 is 11.1 Å². The summed E-state index contributed by atoms with van der Waals surface area (Å²) in [7, 11) is 0. The quantitative estimate of drug-likeness (QED) is 0.683. The molecule has 3 nitrogen and oxygen atoms in total. The van der Waals surface area contributed by atoms with Crippen LogP contribution in [0.3, 0.4) is 0 Å². The molecule has 0 saturated heterocycles. The maximum Gasteiger partial charge on any atom is 0.122 e. The molecule has 21 heavy (non-hydrogen) atoms. The van der Waals surface area contributed by atoms with E-state index in [-0.39, 0.29) is 0 Å². The van der Waals surface area contributed by atoms with Crippen LogP contribution in [0.15, 0.2) is 59.2 Å². The van der Waals surface area contributed by atoms with E-state index in [1.165, 1.54) is 0 Å². The number of anilines is 2. The summed E-state index contributed by atoms with van der Waals surface area (Å²) in [6, 6.07) is 16.0. The molecule has 0 amide bonds. The first-order valence-electron chi connectivity index (χ1n) is 6.35. The fourth-order valence-corrected chi connectivity index (χ4v) is 2.74. The van der Waals surface area contributed by atoms with Crippen LogP contribution >= 0.6 is 28.1 Å². The second-order valence-electron chi connectivity index (χ2n) is 4.56. The van der Waals surface area contributed by atoms with Crippen molar-refractivity contribution in [1.29, 1.82) is 0 Å². The van der Waals surface area contributed by atoms with E-state index >= 15 is 0 Å². The van der Waals surface area contributed by atoms with Crippen molar-refractivity contribution in [3.63, 3.8) is 0 Å². The SMILES string of the molecule is NC(=S)c1ccc(Nc2ccc(Br)c3ccccc23)cn1. The number of hydrogen-bond donors (Lipinski definition) is 2. The number of rotatable bonds is 3. The van der Waals surface area contributed by atoms with Crippen LogP contribution in [0.2, 0.25) is 0 Å². The van der Waals surface area contributed by atoms with Gasteiger partial charge in [0.25, 0.3) is 0 Å². The van der Waals surface area contributed by atoms with Gasteiger partial charge in [-0.3, -0.25) is 4.98 Å². The minimum Gasteiger partial charge on any atom is -0.388 e. The Hall–Kier alpha value is -1.98. The summed E-state index contributed by atoms with van der Waals surface area (Å²) in [5, 5.41) is 5.68. The number of pyridine rings is 1. The summed E-state index contributed by atoms with van der Waals surface area (Å²) in [6.07, 6.45) is 1.73. The Morgan fingerprint density at radius 2 is 1.81 bits per heavy atom. The number of hydrogen-bond acceptors (Lipinski definition) is 3. The minimum absolute atomic E-state index is 0.302. The Balaban J connectivity index is 1.98. The molecule has 104 valence electrons. The predicted molar refractivity (Wildman–Crippen MR) is 95.1 cm³/mol. The van der Waals surface area contributed by atoms with E-state index in [4.69, 9.17) is 18.0 Å². The third-order valence-electron chi connectivity index (χ3n) is 3.17. The highest BCUT2D eigenvalue weighted by atomic mass is 79.9. The Morgan fingerprint density at radius 3 is 2.48 bits per heavy atom. The zero-order chi connectivity index (χ0) is 14.8. The van der Waals surface area contributed by atoms with E-state index < -0.39 is 0 Å². The zero-order valence-electron chi connectivity index (χ0n) is 11.0. The Labute approximate surface area is 136 Å². The zero-order valence-corrected chi connectivity index (χ0v) is 13.4. The molecular weight excluding hydrogens is 346 g/mol. The topological polar surface area (TPSA) is 50.9 Å². The molecule has 0 spiro atoms. The molecule has 0 aliphatic carbocycles. The van der Waals surface area contributed by atoms with Crippen molar-refractivity contribution >= 4 is 55.3 Å². The molecule has 0 aliphatic rings. The fourth-order valence-electron chi connectivity index (χ4n) is 2.14. The molecule has 0 aliphatic heterocycles. The molecule has 3 rings (SSSR count). The van der Waals surface area contributed by atoms with E-state index in [1.54, 1.807) is 6.20 Å². The third-order valence-corrected chi connectivity index (χ3v) is 4.07. The molecular formula is C16H12BrN3S. The normalized spacial score (nSPS) is 10.5. The molecule has 0 radical (unpaired) electrons. The molecule has 3 aromatic rings. The number of halogens is 1. The number of fused-ring (bicyclic) bond motifs is 1. The highest BCUT2D eigenvalue weighted by Crippen LogP contribution is 2.31. The fraction of sp³-hybridized carbons (Fsp3) is 0. The number of nitrogens with two attached hydrogens (primary N) is 1. The van der Waals surface area contributed by atoms with Gasteiger partial charge in [-0.05, 0) is 29.7 Å². The maximum absolute atomic E-state index is 5.55. The number of aromatic nitrogens is 1. The molecule has 1 aromatic heterocycles. The van der Waals surface area contributed by atoms with Crippen LogP contribution in [0.1, 0.15) is 5.69 Å². The third kappa shape index (κ3) is 2.89. The van der Waals surface area contributed by atoms with Gasteiger partial charge < -0.3 is 11.1 Å². The van der Waals surface area contributed by atoms with Crippen molar-refractivity contribution in [3.8, 4) is 0 Å². The molecule has 0 saturated carbocycles. The number of benzene rings is 2. The first-order chi connectivity index (χ1) is 10.1. The summed E-state index contributed by atoms with van der Waals surface area (Å²) in [4.78, 5) is 4.54. The van der Waals surface area contributed by atoms with Gasteiger partial charge in [-0.25, -0.2) is 0 Å². The van der Waals surface area contributed by atoms with Gasteiger partial charge in [0, 0.05) is 15.5 Å². The van der Waals surface area contributed by atoms with Crippen molar-refractivity contribution in [1.82, 2.24) is 4.98 Å². The molecule has 5 heteroatoms. The van der Waals surface area contributed by atoms with E-state index in [2.05, 4.69) is 38.4 Å². The van der Waals surface area contributed by atoms with Crippen molar-refractivity contribution in [2.24, 2.45) is 5.73 Å². The van der Waals surface area contributed by atoms with E-state index in [0.29, 0.717) is 10.7 Å². The summed E-state index contributed by atoms with van der Waals surface area (Å²) in [5.41, 5.74) is 8.09. The van der Waals surface area contributed by atoms with Crippen LogP contribution in [-0.2, 0) is 0 Å². The van der Waals surface area contributed by atoms with Gasteiger partial charge in [0.1, 0.15) is 4.99 Å². The first kappa shape index (κ1) is 14.0. The highest BCUT2D eigenvalue weighted by molar-refractivity contribution is 9.10. The lowest BCUT2D eigenvalue weighted by molar-refractivity contribution is 1.29. The van der Waals surface area contributed by atoms with Gasteiger partial charge in [-0.2, -0.15) is 0 Å². The predicted octanol–water partition coefficient (Wildman–Crippen LogP) is 4.38. The molecule has 0 atom stereocenters. The highest BCUT2D eigenvalue weighted by Gasteiger charge is 2.05. The first-order valence-corrected chi connectivity index (χ1v) is 7.55. The van der Waals surface area contributed by atoms with Gasteiger partial charge in [-0.1, -0.05) is 52.4 Å². The maximum atomic E-state index is 5.55. The monoisotopic (exact) mass is 357 g/mol. The average molecular weight is 358 g/mol. The van der Waals surface area contributed by atoms with Crippen molar-refractivity contribution in [2.75, 3.05) is 5.32 Å². The summed E-state index contributed by atoms with van der Waals surface area (Å²) >= 11 is 8.48. The van der Waals surface area contributed by atoms with E-state index in [9.17, 15) is 0 Å². The smallest absolute Gasteiger partial charge is 0.122 e. The molecule has 2 aromatic carbocycles. The Morgan fingerprint density at radius 1 is 1.05 bits per heavy atom. The second kappa shape index (κ2) is 5.79. The lowest BCUT2D eigenvalue weighted by Crippen LogP contribution is -2.11. The van der Waals surface area contributed by atoms with E-state index in [1.807, 2.05) is 36.4 Å². The van der Waals surface area contributed by atoms with Crippen molar-refractivity contribution in [2.45, 2.75) is 0 Å². The van der Waals surface area contributed by atoms with Crippen LogP contribution in [0.25, 0.3) is 10.8 Å². The Kier molecular flexibility index (Phi) is 3.86. The summed E-state index contributed by atoms with van der Waals surface area (Å²) < 4.78 is 1.07. The van der Waals surface area contributed by atoms with Gasteiger partial charge in [-0.15, -0.1) is 0 Å². The molecule has 3 N–H and O–H groups in total. The number of thiocarbonyl (C=S) groups is 1. The standard InChI is InChI=1S/C16H12BrN3S/c17-13-6-8-14(12-4-2-1-3-11(12)13)20-10-5-7-15(16(18)21)19-9-10/h1-9,20H,(H2,18,21). The summed E-state index contributed by atoms with van der Waals surface area (Å²) in [5.74, 6) is 0. The van der Waals surface area contributed by atoms with Crippen LogP contribution in [0.4, 0.5) is 11.4 Å². The second-order valence-corrected chi connectivity index (χ2v) is 5.86. The average Bonchev–Trinajstić information content (AvgIpc) is 2.51. The molecule has 0 fully saturated rings. The minimum atomic E-state index is 0.302. The van der Waals surface area contributed by atoms with Crippen LogP contribution in [0.5, 0.6) is 0 Å². The molecule has 1 heterocycles. The molecule has 0 bridgehead atoms. The van der Waals surface area contributed by atoms with Gasteiger partial charge in [0.15, 0.2) is 0 Å². The van der Waals surface area contributed by atoms with E-state index in [0.717, 1.165) is 26.6 Å².